The van der Waals surface area contributed by atoms with E-state index >= 15 is 0 Å². The highest BCUT2D eigenvalue weighted by atomic mass is 16.6. The number of amides is 1. The average molecular weight is 330 g/mol. The van der Waals surface area contributed by atoms with E-state index in [4.69, 9.17) is 9.47 Å². The van der Waals surface area contributed by atoms with Crippen LogP contribution in [0.15, 0.2) is 42.5 Å². The van der Waals surface area contributed by atoms with Gasteiger partial charge in [0.05, 0.1) is 25.2 Å². The van der Waals surface area contributed by atoms with E-state index in [1.165, 1.54) is 24.3 Å². The molecule has 2 aromatic rings. The van der Waals surface area contributed by atoms with Gasteiger partial charge in [-0.05, 0) is 36.8 Å². The maximum Gasteiger partial charge on any atom is 0.269 e. The summed E-state index contributed by atoms with van der Waals surface area (Å²) in [7, 11) is 3.10. The number of nitro benzene ring substituents is 1. The summed E-state index contributed by atoms with van der Waals surface area (Å²) in [5, 5.41) is 13.5. The fourth-order valence-electron chi connectivity index (χ4n) is 2.22. The second kappa shape index (κ2) is 7.45. The van der Waals surface area contributed by atoms with Crippen LogP contribution in [0.1, 0.15) is 28.9 Å². The molecule has 2 rings (SSSR count). The number of ether oxygens (including phenoxy) is 2. The molecular weight excluding hydrogens is 312 g/mol. The van der Waals surface area contributed by atoms with Crippen LogP contribution in [0, 0.1) is 10.1 Å². The number of nitrogens with zero attached hydrogens (tertiary/aromatic N) is 1. The first kappa shape index (κ1) is 17.3. The summed E-state index contributed by atoms with van der Waals surface area (Å²) < 4.78 is 10.4. The Balaban J connectivity index is 2.12. The van der Waals surface area contributed by atoms with Gasteiger partial charge in [-0.15, -0.1) is 0 Å². The summed E-state index contributed by atoms with van der Waals surface area (Å²) in [6.07, 6.45) is 0. The molecule has 0 saturated carbocycles. The molecule has 0 aromatic heterocycles. The van der Waals surface area contributed by atoms with E-state index in [1.807, 2.05) is 13.0 Å². The Morgan fingerprint density at radius 1 is 1.08 bits per heavy atom. The van der Waals surface area contributed by atoms with Crippen molar-refractivity contribution in [1.29, 1.82) is 0 Å². The molecule has 0 radical (unpaired) electrons. The summed E-state index contributed by atoms with van der Waals surface area (Å²) in [5.41, 5.74) is 1.15. The summed E-state index contributed by atoms with van der Waals surface area (Å²) in [6, 6.07) is 10.6. The van der Waals surface area contributed by atoms with E-state index in [-0.39, 0.29) is 17.6 Å². The van der Waals surface area contributed by atoms with Gasteiger partial charge in [0.25, 0.3) is 11.6 Å². The third kappa shape index (κ3) is 3.81. The Morgan fingerprint density at radius 2 is 1.71 bits per heavy atom. The quantitative estimate of drug-likeness (QED) is 0.649. The summed E-state index contributed by atoms with van der Waals surface area (Å²) in [5.74, 6) is 0.869. The van der Waals surface area contributed by atoms with Gasteiger partial charge in [-0.25, -0.2) is 0 Å². The molecule has 0 unspecified atom stereocenters. The molecule has 0 aliphatic rings. The van der Waals surface area contributed by atoms with E-state index < -0.39 is 4.92 Å². The molecule has 0 bridgehead atoms. The summed E-state index contributed by atoms with van der Waals surface area (Å²) >= 11 is 0. The second-order valence-electron chi connectivity index (χ2n) is 5.11. The zero-order valence-corrected chi connectivity index (χ0v) is 13.6. The Morgan fingerprint density at radius 3 is 2.25 bits per heavy atom. The molecule has 0 aliphatic heterocycles. The maximum atomic E-state index is 12.3. The first-order valence-electron chi connectivity index (χ1n) is 7.23. The Hall–Kier alpha value is -3.09. The van der Waals surface area contributed by atoms with Gasteiger partial charge in [0.1, 0.15) is 0 Å². The Labute approximate surface area is 139 Å². The van der Waals surface area contributed by atoms with Crippen LogP contribution in [-0.2, 0) is 0 Å². The lowest BCUT2D eigenvalue weighted by molar-refractivity contribution is -0.384. The largest absolute Gasteiger partial charge is 0.493 e. The molecule has 7 nitrogen and oxygen atoms in total. The fourth-order valence-corrected chi connectivity index (χ4v) is 2.22. The van der Waals surface area contributed by atoms with Crippen molar-refractivity contribution in [2.24, 2.45) is 0 Å². The van der Waals surface area contributed by atoms with E-state index in [0.717, 1.165) is 5.56 Å². The molecule has 0 heterocycles. The lowest BCUT2D eigenvalue weighted by atomic mass is 10.1. The van der Waals surface area contributed by atoms with Gasteiger partial charge in [-0.3, -0.25) is 14.9 Å². The van der Waals surface area contributed by atoms with Crippen LogP contribution in [0.2, 0.25) is 0 Å². The number of methoxy groups -OCH3 is 2. The smallest absolute Gasteiger partial charge is 0.269 e. The van der Waals surface area contributed by atoms with Crippen molar-refractivity contribution in [2.75, 3.05) is 14.2 Å². The van der Waals surface area contributed by atoms with Crippen LogP contribution >= 0.6 is 0 Å². The molecule has 2 aromatic carbocycles. The average Bonchev–Trinajstić information content (AvgIpc) is 2.60. The Bertz CT molecular complexity index is 743. The van der Waals surface area contributed by atoms with Crippen molar-refractivity contribution in [3.05, 3.63) is 63.7 Å². The molecule has 0 aliphatic carbocycles. The molecule has 7 heteroatoms. The van der Waals surface area contributed by atoms with Crippen molar-refractivity contribution in [2.45, 2.75) is 13.0 Å². The van der Waals surface area contributed by atoms with Crippen LogP contribution in [0.4, 0.5) is 5.69 Å². The number of hydrogen-bond donors (Lipinski definition) is 1. The third-order valence-electron chi connectivity index (χ3n) is 3.60. The number of rotatable bonds is 6. The summed E-state index contributed by atoms with van der Waals surface area (Å²) in [4.78, 5) is 22.4. The van der Waals surface area contributed by atoms with E-state index in [2.05, 4.69) is 5.32 Å². The van der Waals surface area contributed by atoms with Crippen LogP contribution in [0.5, 0.6) is 11.5 Å². The van der Waals surface area contributed by atoms with Crippen molar-refractivity contribution >= 4 is 11.6 Å². The molecule has 1 atom stereocenters. The number of carbonyl (C=O) groups excluding carboxylic acids is 1. The van der Waals surface area contributed by atoms with Crippen molar-refractivity contribution in [3.63, 3.8) is 0 Å². The van der Waals surface area contributed by atoms with E-state index in [9.17, 15) is 14.9 Å². The Kier molecular flexibility index (Phi) is 5.36. The molecule has 0 saturated heterocycles. The normalized spacial score (nSPS) is 11.5. The molecular formula is C17H18N2O5. The minimum absolute atomic E-state index is 0.0560. The number of nitrogens with one attached hydrogen (secondary N) is 1. The van der Waals surface area contributed by atoms with Gasteiger partial charge in [0.15, 0.2) is 11.5 Å². The molecule has 1 amide bonds. The predicted octanol–water partition coefficient (Wildman–Crippen LogP) is 3.10. The van der Waals surface area contributed by atoms with E-state index in [0.29, 0.717) is 17.1 Å². The van der Waals surface area contributed by atoms with Crippen molar-refractivity contribution in [1.82, 2.24) is 5.32 Å². The number of nitro groups is 1. The highest BCUT2D eigenvalue weighted by Gasteiger charge is 2.15. The molecule has 24 heavy (non-hydrogen) atoms. The minimum atomic E-state index is -0.506. The molecule has 0 spiro atoms. The van der Waals surface area contributed by atoms with Crippen molar-refractivity contribution < 1.29 is 19.2 Å². The lowest BCUT2D eigenvalue weighted by Gasteiger charge is -2.16. The van der Waals surface area contributed by atoms with Gasteiger partial charge in [-0.1, -0.05) is 6.07 Å². The number of benzene rings is 2. The number of carbonyl (C=O) groups is 1. The zero-order chi connectivity index (χ0) is 17.7. The standard InChI is InChI=1S/C17H18N2O5/c1-11(13-6-9-15(23-2)16(10-13)24-3)18-17(20)12-4-7-14(8-5-12)19(21)22/h4-11H,1-3H3,(H,18,20)/t11-/m0/s1. The third-order valence-corrected chi connectivity index (χ3v) is 3.60. The lowest BCUT2D eigenvalue weighted by Crippen LogP contribution is -2.26. The maximum absolute atomic E-state index is 12.3. The van der Waals surface area contributed by atoms with Gasteiger partial charge >= 0.3 is 0 Å². The molecule has 126 valence electrons. The second-order valence-corrected chi connectivity index (χ2v) is 5.11. The monoisotopic (exact) mass is 330 g/mol. The van der Waals surface area contributed by atoms with Gasteiger partial charge < -0.3 is 14.8 Å². The predicted molar refractivity (Wildman–Crippen MR) is 88.5 cm³/mol. The van der Waals surface area contributed by atoms with Gasteiger partial charge in [0, 0.05) is 17.7 Å². The van der Waals surface area contributed by atoms with Crippen LogP contribution in [-0.4, -0.2) is 25.1 Å². The van der Waals surface area contributed by atoms with Gasteiger partial charge in [-0.2, -0.15) is 0 Å². The van der Waals surface area contributed by atoms with Gasteiger partial charge in [0.2, 0.25) is 0 Å². The number of non-ortho nitro benzene ring substituents is 1. The fraction of sp³-hybridized carbons (Fsp3) is 0.235. The summed E-state index contributed by atoms with van der Waals surface area (Å²) in [6.45, 7) is 1.84. The zero-order valence-electron chi connectivity index (χ0n) is 13.6. The van der Waals surface area contributed by atoms with Crippen molar-refractivity contribution in [3.8, 4) is 11.5 Å². The minimum Gasteiger partial charge on any atom is -0.493 e. The first-order valence-corrected chi connectivity index (χ1v) is 7.23. The molecule has 0 fully saturated rings. The topological polar surface area (TPSA) is 90.7 Å². The molecule has 1 N–H and O–H groups in total. The highest BCUT2D eigenvalue weighted by Crippen LogP contribution is 2.30. The SMILES string of the molecule is COc1ccc([C@H](C)NC(=O)c2ccc([N+](=O)[O-])cc2)cc1OC. The highest BCUT2D eigenvalue weighted by molar-refractivity contribution is 5.94. The van der Waals surface area contributed by atoms with Crippen LogP contribution in [0.3, 0.4) is 0 Å². The first-order chi connectivity index (χ1) is 11.5. The van der Waals surface area contributed by atoms with Crippen LogP contribution in [0.25, 0.3) is 0 Å². The van der Waals surface area contributed by atoms with Crippen LogP contribution < -0.4 is 14.8 Å². The van der Waals surface area contributed by atoms with E-state index in [1.54, 1.807) is 26.4 Å². The number of hydrogen-bond acceptors (Lipinski definition) is 5.